The highest BCUT2D eigenvalue weighted by molar-refractivity contribution is 6.52. The van der Waals surface area contributed by atoms with E-state index < -0.39 is 4.33 Å². The molecule has 20 heavy (non-hydrogen) atoms. The van der Waals surface area contributed by atoms with E-state index in [0.29, 0.717) is 24.5 Å². The van der Waals surface area contributed by atoms with Gasteiger partial charge in [0.2, 0.25) is 5.91 Å². The molecule has 110 valence electrons. The summed E-state index contributed by atoms with van der Waals surface area (Å²) in [5.41, 5.74) is 0. The van der Waals surface area contributed by atoms with Crippen molar-refractivity contribution in [1.29, 1.82) is 0 Å². The average Bonchev–Trinajstić information content (AvgIpc) is 3.06. The summed E-state index contributed by atoms with van der Waals surface area (Å²) in [6, 6.07) is 7.37. The SMILES string of the molecule is COc1ccccc1O[C@H](C)CNC(=O)[C@@H]1CC1(Cl)Cl. The first-order valence-electron chi connectivity index (χ1n) is 6.39. The molecule has 0 spiro atoms. The number of hydrogen-bond donors (Lipinski definition) is 1. The number of carbonyl (C=O) groups excluding carboxylic acids is 1. The second-order valence-electron chi connectivity index (χ2n) is 4.84. The number of methoxy groups -OCH3 is 1. The van der Waals surface area contributed by atoms with E-state index in [1.165, 1.54) is 0 Å². The monoisotopic (exact) mass is 317 g/mol. The van der Waals surface area contributed by atoms with E-state index in [1.807, 2.05) is 31.2 Å². The molecule has 1 amide bonds. The van der Waals surface area contributed by atoms with Crippen molar-refractivity contribution in [3.8, 4) is 11.5 Å². The Morgan fingerprint density at radius 2 is 2.05 bits per heavy atom. The molecule has 1 fully saturated rings. The maximum Gasteiger partial charge on any atom is 0.226 e. The summed E-state index contributed by atoms with van der Waals surface area (Å²) in [6.45, 7) is 2.26. The largest absolute Gasteiger partial charge is 0.493 e. The Kier molecular flexibility index (Phi) is 4.66. The molecular formula is C14H17Cl2NO3. The molecule has 1 saturated carbocycles. The predicted molar refractivity (Wildman–Crippen MR) is 78.6 cm³/mol. The highest BCUT2D eigenvalue weighted by Crippen LogP contribution is 2.53. The molecule has 1 aromatic carbocycles. The number of para-hydroxylation sites is 2. The van der Waals surface area contributed by atoms with Crippen molar-refractivity contribution >= 4 is 29.1 Å². The Balaban J connectivity index is 1.81. The Morgan fingerprint density at radius 3 is 2.60 bits per heavy atom. The van der Waals surface area contributed by atoms with Crippen molar-refractivity contribution in [3.63, 3.8) is 0 Å². The van der Waals surface area contributed by atoms with Crippen LogP contribution in [0.15, 0.2) is 24.3 Å². The average molecular weight is 318 g/mol. The molecule has 0 unspecified atom stereocenters. The van der Waals surface area contributed by atoms with E-state index in [4.69, 9.17) is 32.7 Å². The molecule has 0 radical (unpaired) electrons. The third-order valence-electron chi connectivity index (χ3n) is 3.10. The van der Waals surface area contributed by atoms with Crippen LogP contribution in [0.2, 0.25) is 0 Å². The molecule has 1 aliphatic carbocycles. The zero-order chi connectivity index (χ0) is 14.8. The zero-order valence-corrected chi connectivity index (χ0v) is 12.9. The van der Waals surface area contributed by atoms with Crippen LogP contribution in [-0.4, -0.2) is 30.0 Å². The lowest BCUT2D eigenvalue weighted by atomic mass is 10.3. The summed E-state index contributed by atoms with van der Waals surface area (Å²) in [5, 5.41) is 2.78. The molecule has 0 aromatic heterocycles. The van der Waals surface area contributed by atoms with Gasteiger partial charge in [0, 0.05) is 0 Å². The van der Waals surface area contributed by atoms with Crippen molar-refractivity contribution in [2.24, 2.45) is 5.92 Å². The highest BCUT2D eigenvalue weighted by Gasteiger charge is 2.56. The van der Waals surface area contributed by atoms with Gasteiger partial charge in [-0.2, -0.15) is 0 Å². The second-order valence-corrected chi connectivity index (χ2v) is 6.38. The fourth-order valence-corrected chi connectivity index (χ4v) is 2.35. The van der Waals surface area contributed by atoms with Gasteiger partial charge in [0.15, 0.2) is 11.5 Å². The summed E-state index contributed by atoms with van der Waals surface area (Å²) in [5.74, 6) is 0.857. The van der Waals surface area contributed by atoms with Crippen LogP contribution in [0.25, 0.3) is 0 Å². The maximum atomic E-state index is 11.7. The van der Waals surface area contributed by atoms with Gasteiger partial charge in [0.05, 0.1) is 19.6 Å². The number of amides is 1. The van der Waals surface area contributed by atoms with Crippen LogP contribution in [-0.2, 0) is 4.79 Å². The first-order chi connectivity index (χ1) is 9.44. The molecule has 2 rings (SSSR count). The van der Waals surface area contributed by atoms with Crippen LogP contribution >= 0.6 is 23.2 Å². The van der Waals surface area contributed by atoms with Gasteiger partial charge in [-0.05, 0) is 25.5 Å². The van der Waals surface area contributed by atoms with Crippen molar-refractivity contribution in [2.75, 3.05) is 13.7 Å². The number of nitrogens with one attached hydrogen (secondary N) is 1. The van der Waals surface area contributed by atoms with E-state index in [1.54, 1.807) is 7.11 Å². The minimum absolute atomic E-state index is 0.134. The van der Waals surface area contributed by atoms with E-state index in [2.05, 4.69) is 5.32 Å². The molecular weight excluding hydrogens is 301 g/mol. The zero-order valence-electron chi connectivity index (χ0n) is 11.4. The molecule has 0 heterocycles. The first-order valence-corrected chi connectivity index (χ1v) is 7.15. The van der Waals surface area contributed by atoms with Crippen LogP contribution in [0.3, 0.4) is 0 Å². The summed E-state index contributed by atoms with van der Waals surface area (Å²) in [7, 11) is 1.59. The van der Waals surface area contributed by atoms with Crippen LogP contribution in [0.1, 0.15) is 13.3 Å². The van der Waals surface area contributed by atoms with Gasteiger partial charge in [-0.25, -0.2) is 0 Å². The number of benzene rings is 1. The lowest BCUT2D eigenvalue weighted by molar-refractivity contribution is -0.122. The number of carbonyl (C=O) groups is 1. The van der Waals surface area contributed by atoms with Gasteiger partial charge in [0.1, 0.15) is 10.4 Å². The van der Waals surface area contributed by atoms with Gasteiger partial charge in [0.25, 0.3) is 0 Å². The Bertz CT molecular complexity index is 493. The van der Waals surface area contributed by atoms with Gasteiger partial charge >= 0.3 is 0 Å². The molecule has 1 aromatic rings. The van der Waals surface area contributed by atoms with Crippen LogP contribution in [0, 0.1) is 5.92 Å². The van der Waals surface area contributed by atoms with E-state index in [0.717, 1.165) is 0 Å². The van der Waals surface area contributed by atoms with E-state index in [9.17, 15) is 4.79 Å². The summed E-state index contributed by atoms with van der Waals surface area (Å²) in [6.07, 6.45) is 0.318. The lowest BCUT2D eigenvalue weighted by Crippen LogP contribution is -2.35. The van der Waals surface area contributed by atoms with Gasteiger partial charge in [-0.15, -0.1) is 23.2 Å². The molecule has 0 aliphatic heterocycles. The number of alkyl halides is 2. The number of rotatable bonds is 6. The minimum Gasteiger partial charge on any atom is -0.493 e. The topological polar surface area (TPSA) is 47.6 Å². The lowest BCUT2D eigenvalue weighted by Gasteiger charge is -2.17. The van der Waals surface area contributed by atoms with Crippen LogP contribution < -0.4 is 14.8 Å². The Labute approximate surface area is 128 Å². The Morgan fingerprint density at radius 1 is 1.45 bits per heavy atom. The standard InChI is InChI=1S/C14H17Cl2NO3/c1-9(8-17-13(18)10-7-14(10,15)16)20-12-6-4-3-5-11(12)19-2/h3-6,9-10H,7-8H2,1-2H3,(H,17,18)/t9-,10+/m1/s1. The van der Waals surface area contributed by atoms with Crippen molar-refractivity contribution in [2.45, 2.75) is 23.8 Å². The number of ether oxygens (including phenoxy) is 2. The molecule has 0 saturated heterocycles. The smallest absolute Gasteiger partial charge is 0.226 e. The predicted octanol–water partition coefficient (Wildman–Crippen LogP) is 2.77. The van der Waals surface area contributed by atoms with Gasteiger partial charge in [-0.3, -0.25) is 4.79 Å². The minimum atomic E-state index is -0.892. The van der Waals surface area contributed by atoms with Gasteiger partial charge in [-0.1, -0.05) is 12.1 Å². The van der Waals surface area contributed by atoms with Crippen molar-refractivity contribution in [3.05, 3.63) is 24.3 Å². The highest BCUT2D eigenvalue weighted by atomic mass is 35.5. The first kappa shape index (κ1) is 15.3. The fourth-order valence-electron chi connectivity index (χ4n) is 1.84. The molecule has 1 aliphatic rings. The quantitative estimate of drug-likeness (QED) is 0.821. The number of hydrogen-bond acceptors (Lipinski definition) is 3. The third kappa shape index (κ3) is 3.70. The Hall–Kier alpha value is -1.13. The fraction of sp³-hybridized carbons (Fsp3) is 0.500. The summed E-state index contributed by atoms with van der Waals surface area (Å²) < 4.78 is 10.0. The van der Waals surface area contributed by atoms with E-state index in [-0.39, 0.29) is 17.9 Å². The van der Waals surface area contributed by atoms with E-state index >= 15 is 0 Å². The van der Waals surface area contributed by atoms with Crippen molar-refractivity contribution in [1.82, 2.24) is 5.32 Å². The summed E-state index contributed by atoms with van der Waals surface area (Å²) >= 11 is 11.7. The molecule has 2 atom stereocenters. The molecule has 6 heteroatoms. The van der Waals surface area contributed by atoms with Crippen molar-refractivity contribution < 1.29 is 14.3 Å². The molecule has 0 bridgehead atoms. The molecule has 4 nitrogen and oxygen atoms in total. The van der Waals surface area contributed by atoms with Gasteiger partial charge < -0.3 is 14.8 Å². The second kappa shape index (κ2) is 6.10. The number of halogens is 2. The molecule has 1 N–H and O–H groups in total. The normalized spacial score (nSPS) is 20.9. The third-order valence-corrected chi connectivity index (χ3v) is 3.94. The van der Waals surface area contributed by atoms with Crippen LogP contribution in [0.5, 0.6) is 11.5 Å². The maximum absolute atomic E-state index is 11.7. The van der Waals surface area contributed by atoms with Crippen LogP contribution in [0.4, 0.5) is 0 Å². The summed E-state index contributed by atoms with van der Waals surface area (Å²) in [4.78, 5) is 11.7.